The number of rotatable bonds is 4. The molecule has 1 aromatic carbocycles. The van der Waals surface area contributed by atoms with E-state index in [0.29, 0.717) is 36.0 Å². The number of amides is 1. The van der Waals surface area contributed by atoms with Crippen LogP contribution in [0.5, 0.6) is 5.75 Å². The zero-order valence-electron chi connectivity index (χ0n) is 16.6. The molecule has 1 aliphatic rings. The summed E-state index contributed by atoms with van der Waals surface area (Å²) < 4.78 is 6.87. The van der Waals surface area contributed by atoms with Crippen molar-refractivity contribution >= 4 is 5.91 Å². The van der Waals surface area contributed by atoms with Crippen LogP contribution < -0.4 is 10.3 Å². The summed E-state index contributed by atoms with van der Waals surface area (Å²) in [6, 6.07) is 9.08. The van der Waals surface area contributed by atoms with Crippen LogP contribution in [0.4, 0.5) is 0 Å². The van der Waals surface area contributed by atoms with Crippen molar-refractivity contribution in [3.63, 3.8) is 0 Å². The molecule has 29 heavy (non-hydrogen) atoms. The Morgan fingerprint density at radius 2 is 1.97 bits per heavy atom. The molecule has 150 valence electrons. The van der Waals surface area contributed by atoms with Crippen LogP contribution in [0.15, 0.2) is 53.7 Å². The number of pyridine rings is 1. The Kier molecular flexibility index (Phi) is 5.20. The number of nitrogens with one attached hydrogen (secondary N) is 1. The maximum absolute atomic E-state index is 13.2. The second kappa shape index (κ2) is 7.95. The van der Waals surface area contributed by atoms with E-state index in [1.807, 2.05) is 18.3 Å². The highest BCUT2D eigenvalue weighted by molar-refractivity contribution is 5.95. The summed E-state index contributed by atoms with van der Waals surface area (Å²) >= 11 is 0. The first-order valence-electron chi connectivity index (χ1n) is 9.74. The Labute approximate surface area is 169 Å². The van der Waals surface area contributed by atoms with Gasteiger partial charge in [-0.15, -0.1) is 0 Å². The number of hydrogen-bond acceptors (Lipinski definition) is 4. The number of H-pyrrole nitrogens is 1. The molecular weight excluding hydrogens is 368 g/mol. The molecule has 0 unspecified atom stereocenters. The van der Waals surface area contributed by atoms with Crippen LogP contribution in [-0.2, 0) is 0 Å². The van der Waals surface area contributed by atoms with Gasteiger partial charge in [0.15, 0.2) is 0 Å². The van der Waals surface area contributed by atoms with E-state index in [1.165, 1.54) is 4.57 Å². The van der Waals surface area contributed by atoms with E-state index < -0.39 is 0 Å². The lowest BCUT2D eigenvalue weighted by Crippen LogP contribution is -2.41. The van der Waals surface area contributed by atoms with E-state index in [2.05, 4.69) is 9.97 Å². The Hall–Kier alpha value is -3.35. The molecule has 7 nitrogen and oxygen atoms in total. The number of hydrogen-bond donors (Lipinski definition) is 1. The molecule has 1 N–H and O–H groups in total. The van der Waals surface area contributed by atoms with Gasteiger partial charge in [0.05, 0.1) is 12.8 Å². The van der Waals surface area contributed by atoms with Crippen LogP contribution in [-0.4, -0.2) is 45.5 Å². The molecular formula is C22H24N4O3. The van der Waals surface area contributed by atoms with Crippen molar-refractivity contribution in [2.45, 2.75) is 25.7 Å². The first-order valence-corrected chi connectivity index (χ1v) is 9.74. The van der Waals surface area contributed by atoms with Gasteiger partial charge in [-0.2, -0.15) is 0 Å². The smallest absolute Gasteiger partial charge is 0.268 e. The van der Waals surface area contributed by atoms with Crippen molar-refractivity contribution in [3.05, 3.63) is 76.2 Å². The lowest BCUT2D eigenvalue weighted by Gasteiger charge is -2.31. The maximum atomic E-state index is 13.2. The molecule has 0 bridgehead atoms. The first-order chi connectivity index (χ1) is 14.1. The number of ether oxygens (including phenoxy) is 1. The van der Waals surface area contributed by atoms with Crippen molar-refractivity contribution in [1.82, 2.24) is 19.4 Å². The van der Waals surface area contributed by atoms with Crippen molar-refractivity contribution < 1.29 is 9.53 Å². The van der Waals surface area contributed by atoms with Crippen molar-refractivity contribution in [3.8, 4) is 11.4 Å². The van der Waals surface area contributed by atoms with Gasteiger partial charge in [0, 0.05) is 37.6 Å². The number of imidazole rings is 1. The van der Waals surface area contributed by atoms with Gasteiger partial charge in [-0.05, 0) is 43.5 Å². The lowest BCUT2D eigenvalue weighted by atomic mass is 9.95. The molecule has 7 heteroatoms. The third-order valence-corrected chi connectivity index (χ3v) is 5.55. The van der Waals surface area contributed by atoms with Crippen LogP contribution in [0.25, 0.3) is 5.69 Å². The second-order valence-electron chi connectivity index (χ2n) is 7.26. The van der Waals surface area contributed by atoms with E-state index >= 15 is 0 Å². The van der Waals surface area contributed by atoms with Gasteiger partial charge in [-0.1, -0.05) is 12.1 Å². The Balaban J connectivity index is 1.62. The van der Waals surface area contributed by atoms with E-state index in [0.717, 1.165) is 18.7 Å². The summed E-state index contributed by atoms with van der Waals surface area (Å²) in [5.41, 5.74) is 1.19. The third kappa shape index (κ3) is 3.55. The number of aromatic amines is 1. The molecule has 0 radical (unpaired) electrons. The fourth-order valence-corrected chi connectivity index (χ4v) is 3.92. The topological polar surface area (TPSA) is 80.2 Å². The number of benzene rings is 1. The quantitative estimate of drug-likeness (QED) is 0.740. The van der Waals surface area contributed by atoms with E-state index in [9.17, 15) is 9.59 Å². The molecule has 1 aliphatic heterocycles. The normalized spacial score (nSPS) is 14.8. The highest BCUT2D eigenvalue weighted by Crippen LogP contribution is 2.26. The first kappa shape index (κ1) is 19.0. The van der Waals surface area contributed by atoms with Gasteiger partial charge in [-0.25, -0.2) is 4.98 Å². The predicted molar refractivity (Wildman–Crippen MR) is 110 cm³/mol. The fourth-order valence-electron chi connectivity index (χ4n) is 3.92. The maximum Gasteiger partial charge on any atom is 0.268 e. The van der Waals surface area contributed by atoms with Gasteiger partial charge in [0.2, 0.25) is 0 Å². The standard InChI is InChI=1S/C22H24N4O3/c1-15-7-14-26(17-5-3-4-6-18(17)29-2)22(28)19(15)21(27)25-12-8-16(9-13-25)20-23-10-11-24-20/h3-7,10-11,14,16H,8-9,12-13H2,1-2H3,(H,23,24). The minimum Gasteiger partial charge on any atom is -0.495 e. The largest absolute Gasteiger partial charge is 0.495 e. The molecule has 4 rings (SSSR count). The summed E-state index contributed by atoms with van der Waals surface area (Å²) in [5, 5.41) is 0. The number of aromatic nitrogens is 3. The molecule has 0 atom stereocenters. The minimum atomic E-state index is -0.326. The van der Waals surface area contributed by atoms with Crippen LogP contribution >= 0.6 is 0 Å². The second-order valence-corrected chi connectivity index (χ2v) is 7.26. The van der Waals surface area contributed by atoms with Crippen LogP contribution in [0.1, 0.15) is 40.5 Å². The molecule has 0 spiro atoms. The number of para-hydroxylation sites is 2. The van der Waals surface area contributed by atoms with E-state index in [1.54, 1.807) is 49.5 Å². The zero-order chi connectivity index (χ0) is 20.4. The molecule has 2 aromatic heterocycles. The summed E-state index contributed by atoms with van der Waals surface area (Å²) in [5.74, 6) is 1.65. The average molecular weight is 392 g/mol. The van der Waals surface area contributed by atoms with Crippen molar-refractivity contribution in [2.75, 3.05) is 20.2 Å². The highest BCUT2D eigenvalue weighted by atomic mass is 16.5. The highest BCUT2D eigenvalue weighted by Gasteiger charge is 2.28. The Bertz CT molecular complexity index is 1060. The summed E-state index contributed by atoms with van der Waals surface area (Å²) in [4.78, 5) is 35.7. The summed E-state index contributed by atoms with van der Waals surface area (Å²) in [6.45, 7) is 3.01. The number of carbonyl (C=O) groups excluding carboxylic acids is 1. The number of likely N-dealkylation sites (tertiary alicyclic amines) is 1. The van der Waals surface area contributed by atoms with Gasteiger partial charge in [-0.3, -0.25) is 14.2 Å². The number of piperidine rings is 1. The van der Waals surface area contributed by atoms with Gasteiger partial charge >= 0.3 is 0 Å². The van der Waals surface area contributed by atoms with Gasteiger partial charge in [0.1, 0.15) is 17.1 Å². The average Bonchev–Trinajstić information content (AvgIpc) is 3.29. The Morgan fingerprint density at radius 1 is 1.21 bits per heavy atom. The monoisotopic (exact) mass is 392 g/mol. The molecule has 1 fully saturated rings. The molecule has 3 heterocycles. The number of methoxy groups -OCH3 is 1. The van der Waals surface area contributed by atoms with Crippen LogP contribution in [0, 0.1) is 6.92 Å². The van der Waals surface area contributed by atoms with Crippen molar-refractivity contribution in [1.29, 1.82) is 0 Å². The molecule has 1 amide bonds. The number of aryl methyl sites for hydroxylation is 1. The van der Waals surface area contributed by atoms with Crippen LogP contribution in [0.2, 0.25) is 0 Å². The fraction of sp³-hybridized carbons (Fsp3) is 0.318. The predicted octanol–water partition coefficient (Wildman–Crippen LogP) is 2.90. The molecule has 3 aromatic rings. The van der Waals surface area contributed by atoms with Gasteiger partial charge < -0.3 is 14.6 Å². The summed E-state index contributed by atoms with van der Waals surface area (Å²) in [7, 11) is 1.56. The molecule has 0 aliphatic carbocycles. The molecule has 1 saturated heterocycles. The lowest BCUT2D eigenvalue weighted by molar-refractivity contribution is 0.0708. The SMILES string of the molecule is COc1ccccc1-n1ccc(C)c(C(=O)N2CCC(c3ncc[nH]3)CC2)c1=O. The van der Waals surface area contributed by atoms with Crippen LogP contribution in [0.3, 0.4) is 0 Å². The minimum absolute atomic E-state index is 0.213. The zero-order valence-corrected chi connectivity index (χ0v) is 16.6. The van der Waals surface area contributed by atoms with Crippen molar-refractivity contribution in [2.24, 2.45) is 0 Å². The van der Waals surface area contributed by atoms with Gasteiger partial charge in [0.25, 0.3) is 11.5 Å². The Morgan fingerprint density at radius 3 is 2.66 bits per heavy atom. The van der Waals surface area contributed by atoms with E-state index in [4.69, 9.17) is 4.74 Å². The number of nitrogens with zero attached hydrogens (tertiary/aromatic N) is 3. The molecule has 0 saturated carbocycles. The summed E-state index contributed by atoms with van der Waals surface area (Å²) in [6.07, 6.45) is 6.91. The van der Waals surface area contributed by atoms with E-state index in [-0.39, 0.29) is 17.0 Å². The number of carbonyl (C=O) groups is 1. The third-order valence-electron chi connectivity index (χ3n) is 5.55.